The highest BCUT2D eigenvalue weighted by molar-refractivity contribution is 5.79. The summed E-state index contributed by atoms with van der Waals surface area (Å²) >= 11 is 0. The molecule has 168 valence electrons. The van der Waals surface area contributed by atoms with Gasteiger partial charge in [-0.15, -0.1) is 0 Å². The van der Waals surface area contributed by atoms with Crippen LogP contribution in [0.5, 0.6) is 5.75 Å². The first-order valence-corrected chi connectivity index (χ1v) is 9.30. The summed E-state index contributed by atoms with van der Waals surface area (Å²) in [6.45, 7) is -0.493. The fourth-order valence-corrected chi connectivity index (χ4v) is 3.38. The SMILES string of the molecule is C[C@@](O)(CC(=O)NC1(c2cccc(OCC(F)(F)F)c2F)CC1)c1ccc(F)cc1F. The summed E-state index contributed by atoms with van der Waals surface area (Å²) in [7, 11) is 0. The van der Waals surface area contributed by atoms with Crippen molar-refractivity contribution in [2.45, 2.75) is 43.5 Å². The van der Waals surface area contributed by atoms with Crippen LogP contribution in [0, 0.1) is 17.5 Å². The summed E-state index contributed by atoms with van der Waals surface area (Å²) < 4.78 is 83.4. The van der Waals surface area contributed by atoms with Crippen LogP contribution in [-0.4, -0.2) is 23.8 Å². The Labute approximate surface area is 173 Å². The van der Waals surface area contributed by atoms with E-state index in [-0.39, 0.29) is 11.1 Å². The molecule has 0 bridgehead atoms. The largest absolute Gasteiger partial charge is 0.481 e. The van der Waals surface area contributed by atoms with Gasteiger partial charge >= 0.3 is 6.18 Å². The molecule has 0 unspecified atom stereocenters. The number of ether oxygens (including phenoxy) is 1. The molecule has 2 aromatic rings. The Morgan fingerprint density at radius 3 is 2.42 bits per heavy atom. The van der Waals surface area contributed by atoms with Gasteiger partial charge in [0.05, 0.1) is 17.6 Å². The number of hydrogen-bond donors (Lipinski definition) is 2. The first-order valence-electron chi connectivity index (χ1n) is 9.30. The molecule has 1 aliphatic carbocycles. The number of nitrogens with one attached hydrogen (secondary N) is 1. The van der Waals surface area contributed by atoms with Gasteiger partial charge in [-0.25, -0.2) is 13.2 Å². The molecule has 1 amide bonds. The molecule has 0 spiro atoms. The minimum atomic E-state index is -4.64. The topological polar surface area (TPSA) is 58.6 Å². The second kappa shape index (κ2) is 8.07. The second-order valence-corrected chi connectivity index (χ2v) is 7.73. The Morgan fingerprint density at radius 1 is 1.16 bits per heavy atom. The number of rotatable bonds is 7. The Balaban J connectivity index is 1.75. The van der Waals surface area contributed by atoms with Gasteiger partial charge in [-0.1, -0.05) is 18.2 Å². The normalized spacial score (nSPS) is 17.0. The molecule has 0 heterocycles. The van der Waals surface area contributed by atoms with E-state index in [1.807, 2.05) is 0 Å². The van der Waals surface area contributed by atoms with Crippen LogP contribution in [0.3, 0.4) is 0 Å². The second-order valence-electron chi connectivity index (χ2n) is 7.73. The average Bonchev–Trinajstić information content (AvgIpc) is 3.39. The molecule has 1 atom stereocenters. The maximum absolute atomic E-state index is 14.7. The number of carbonyl (C=O) groups is 1. The molecule has 10 heteroatoms. The summed E-state index contributed by atoms with van der Waals surface area (Å²) in [5.74, 6) is -4.25. The molecule has 31 heavy (non-hydrogen) atoms. The van der Waals surface area contributed by atoms with Gasteiger partial charge in [-0.05, 0) is 31.9 Å². The lowest BCUT2D eigenvalue weighted by Crippen LogP contribution is -2.39. The molecule has 0 saturated heterocycles. The number of benzene rings is 2. The van der Waals surface area contributed by atoms with E-state index in [9.17, 15) is 36.2 Å². The molecular formula is C21H19F6NO3. The van der Waals surface area contributed by atoms with Crippen LogP contribution in [0.25, 0.3) is 0 Å². The number of aliphatic hydroxyl groups is 1. The number of halogens is 6. The van der Waals surface area contributed by atoms with Crippen molar-refractivity contribution in [3.63, 3.8) is 0 Å². The molecule has 4 nitrogen and oxygen atoms in total. The third-order valence-corrected chi connectivity index (χ3v) is 5.02. The highest BCUT2D eigenvalue weighted by Crippen LogP contribution is 2.48. The average molecular weight is 447 g/mol. The Kier molecular flexibility index (Phi) is 5.96. The molecule has 0 radical (unpaired) electrons. The van der Waals surface area contributed by atoms with E-state index in [1.165, 1.54) is 19.1 Å². The minimum absolute atomic E-state index is 0.0480. The smallest absolute Gasteiger partial charge is 0.422 e. The molecule has 0 aromatic heterocycles. The summed E-state index contributed by atoms with van der Waals surface area (Å²) in [6, 6.07) is 6.21. The van der Waals surface area contributed by atoms with E-state index in [2.05, 4.69) is 10.1 Å². The minimum Gasteiger partial charge on any atom is -0.481 e. The fraction of sp³-hybridized carbons (Fsp3) is 0.381. The summed E-state index contributed by atoms with van der Waals surface area (Å²) in [6.07, 6.45) is -4.63. The molecule has 2 N–H and O–H groups in total. The molecule has 0 aliphatic heterocycles. The van der Waals surface area contributed by atoms with Gasteiger partial charge < -0.3 is 15.2 Å². The predicted octanol–water partition coefficient (Wildman–Crippen LogP) is 4.45. The third kappa shape index (κ3) is 5.30. The van der Waals surface area contributed by atoms with Crippen LogP contribution in [0.4, 0.5) is 26.3 Å². The van der Waals surface area contributed by atoms with Crippen molar-refractivity contribution in [2.24, 2.45) is 0 Å². The van der Waals surface area contributed by atoms with Crippen LogP contribution in [0.15, 0.2) is 36.4 Å². The molecule has 1 aliphatic rings. The van der Waals surface area contributed by atoms with E-state index in [1.54, 1.807) is 0 Å². The van der Waals surface area contributed by atoms with Gasteiger partial charge in [0.1, 0.15) is 11.6 Å². The maximum atomic E-state index is 14.7. The van der Waals surface area contributed by atoms with Crippen molar-refractivity contribution in [1.82, 2.24) is 5.32 Å². The van der Waals surface area contributed by atoms with Crippen molar-refractivity contribution in [3.05, 3.63) is 65.0 Å². The van der Waals surface area contributed by atoms with Gasteiger partial charge in [-0.3, -0.25) is 4.79 Å². The quantitative estimate of drug-likeness (QED) is 0.617. The van der Waals surface area contributed by atoms with Gasteiger partial charge in [0.25, 0.3) is 0 Å². The maximum Gasteiger partial charge on any atom is 0.422 e. The van der Waals surface area contributed by atoms with E-state index in [0.717, 1.165) is 18.2 Å². The van der Waals surface area contributed by atoms with Crippen molar-refractivity contribution in [1.29, 1.82) is 0 Å². The standard InChI is InChI=1S/C21H19F6NO3/c1-19(30,13-6-5-12(22)9-15(13)23)10-17(29)28-20(7-8-20)14-3-2-4-16(18(14)24)31-11-21(25,26)27/h2-6,9,30H,7-8,10-11H2,1H3,(H,28,29)/t19-/m1/s1. The zero-order valence-electron chi connectivity index (χ0n) is 16.3. The van der Waals surface area contributed by atoms with Crippen LogP contribution in [0.1, 0.15) is 37.3 Å². The van der Waals surface area contributed by atoms with Crippen molar-refractivity contribution in [2.75, 3.05) is 6.61 Å². The lowest BCUT2D eigenvalue weighted by atomic mass is 9.91. The van der Waals surface area contributed by atoms with Crippen LogP contribution in [-0.2, 0) is 15.9 Å². The number of alkyl halides is 3. The summed E-state index contributed by atoms with van der Waals surface area (Å²) in [4.78, 5) is 12.5. The number of amides is 1. The van der Waals surface area contributed by atoms with Gasteiger partial charge in [0.15, 0.2) is 18.2 Å². The van der Waals surface area contributed by atoms with E-state index < -0.39 is 59.5 Å². The summed E-state index contributed by atoms with van der Waals surface area (Å²) in [5, 5.41) is 13.1. The van der Waals surface area contributed by atoms with Gasteiger partial charge in [0.2, 0.25) is 5.91 Å². The van der Waals surface area contributed by atoms with Gasteiger partial charge in [-0.2, -0.15) is 13.2 Å². The van der Waals surface area contributed by atoms with Crippen molar-refractivity contribution >= 4 is 5.91 Å². The molecule has 1 saturated carbocycles. The Hall–Kier alpha value is -2.75. The lowest BCUT2D eigenvalue weighted by Gasteiger charge is -2.26. The highest BCUT2D eigenvalue weighted by Gasteiger charge is 2.48. The third-order valence-electron chi connectivity index (χ3n) is 5.02. The molecular weight excluding hydrogens is 428 g/mol. The van der Waals surface area contributed by atoms with Crippen molar-refractivity contribution in [3.8, 4) is 5.75 Å². The van der Waals surface area contributed by atoms with Crippen molar-refractivity contribution < 1.29 is 41.0 Å². The molecule has 2 aromatic carbocycles. The lowest BCUT2D eigenvalue weighted by molar-refractivity contribution is -0.153. The van der Waals surface area contributed by atoms with E-state index >= 15 is 0 Å². The van der Waals surface area contributed by atoms with Gasteiger partial charge in [0, 0.05) is 17.2 Å². The van der Waals surface area contributed by atoms with Crippen LogP contribution in [0.2, 0.25) is 0 Å². The first-order chi connectivity index (χ1) is 14.3. The zero-order chi connectivity index (χ0) is 23.0. The summed E-state index contributed by atoms with van der Waals surface area (Å²) in [5.41, 5.74) is -3.49. The number of carbonyl (C=O) groups excluding carboxylic acids is 1. The highest BCUT2D eigenvalue weighted by atomic mass is 19.4. The fourth-order valence-electron chi connectivity index (χ4n) is 3.38. The molecule has 1 fully saturated rings. The van der Waals surface area contributed by atoms with Crippen LogP contribution >= 0.6 is 0 Å². The number of hydrogen-bond acceptors (Lipinski definition) is 3. The molecule has 3 rings (SSSR count). The first kappa shape index (κ1) is 22.9. The monoisotopic (exact) mass is 447 g/mol. The van der Waals surface area contributed by atoms with E-state index in [0.29, 0.717) is 18.9 Å². The Bertz CT molecular complexity index is 986. The Morgan fingerprint density at radius 2 is 1.84 bits per heavy atom. The van der Waals surface area contributed by atoms with Crippen LogP contribution < -0.4 is 10.1 Å². The predicted molar refractivity (Wildman–Crippen MR) is 97.6 cm³/mol. The zero-order valence-corrected chi connectivity index (χ0v) is 16.3. The van der Waals surface area contributed by atoms with E-state index in [4.69, 9.17) is 0 Å².